The lowest BCUT2D eigenvalue weighted by Gasteiger charge is -2.10. The van der Waals surface area contributed by atoms with E-state index in [2.05, 4.69) is 0 Å². The molecule has 3 rings (SSSR count). The summed E-state index contributed by atoms with van der Waals surface area (Å²) >= 11 is 0. The van der Waals surface area contributed by atoms with Crippen LogP contribution in [0.1, 0.15) is 22.8 Å². The highest BCUT2D eigenvalue weighted by Crippen LogP contribution is 2.40. The van der Waals surface area contributed by atoms with Gasteiger partial charge >= 0.3 is 0 Å². The van der Waals surface area contributed by atoms with Crippen LogP contribution >= 0.6 is 0 Å². The predicted molar refractivity (Wildman–Crippen MR) is 66.0 cm³/mol. The maximum Gasteiger partial charge on any atom is 0.259 e. The SMILES string of the molecule is CCc1ccc2ccc(F)c3c2c1C(=O)N3C. The van der Waals surface area contributed by atoms with Gasteiger partial charge in [-0.3, -0.25) is 4.79 Å². The minimum Gasteiger partial charge on any atom is -0.308 e. The average molecular weight is 229 g/mol. The highest BCUT2D eigenvalue weighted by atomic mass is 19.1. The van der Waals surface area contributed by atoms with Crippen LogP contribution in [0, 0.1) is 5.82 Å². The van der Waals surface area contributed by atoms with Crippen LogP contribution in [-0.4, -0.2) is 13.0 Å². The van der Waals surface area contributed by atoms with Crippen LogP contribution < -0.4 is 4.90 Å². The molecule has 2 aromatic carbocycles. The molecular formula is C14H12FNO. The molecule has 2 nitrogen and oxygen atoms in total. The molecule has 1 heterocycles. The third kappa shape index (κ3) is 1.16. The van der Waals surface area contributed by atoms with E-state index in [9.17, 15) is 9.18 Å². The van der Waals surface area contributed by atoms with Crippen molar-refractivity contribution in [1.29, 1.82) is 0 Å². The Labute approximate surface area is 98.7 Å². The van der Waals surface area contributed by atoms with E-state index in [1.807, 2.05) is 19.1 Å². The van der Waals surface area contributed by atoms with Crippen LogP contribution in [-0.2, 0) is 6.42 Å². The lowest BCUT2D eigenvalue weighted by atomic mass is 9.98. The zero-order chi connectivity index (χ0) is 12.2. The van der Waals surface area contributed by atoms with Crippen molar-refractivity contribution in [3.63, 3.8) is 0 Å². The van der Waals surface area contributed by atoms with Crippen LogP contribution in [0.25, 0.3) is 10.8 Å². The Balaban J connectivity index is 2.53. The van der Waals surface area contributed by atoms with E-state index in [1.54, 1.807) is 13.1 Å². The van der Waals surface area contributed by atoms with Gasteiger partial charge in [0.15, 0.2) is 0 Å². The van der Waals surface area contributed by atoms with Gasteiger partial charge < -0.3 is 4.90 Å². The first-order valence-electron chi connectivity index (χ1n) is 5.67. The molecule has 1 aliphatic heterocycles. The van der Waals surface area contributed by atoms with Gasteiger partial charge in [-0.1, -0.05) is 25.1 Å². The smallest absolute Gasteiger partial charge is 0.259 e. The molecule has 0 bridgehead atoms. The topological polar surface area (TPSA) is 20.3 Å². The monoisotopic (exact) mass is 229 g/mol. The van der Waals surface area contributed by atoms with Crippen LogP contribution in [0.2, 0.25) is 0 Å². The van der Waals surface area contributed by atoms with Crippen molar-refractivity contribution in [2.75, 3.05) is 11.9 Å². The first-order chi connectivity index (χ1) is 8.15. The second-order valence-corrected chi connectivity index (χ2v) is 4.31. The minimum absolute atomic E-state index is 0.104. The lowest BCUT2D eigenvalue weighted by molar-refractivity contribution is 0.0997. The lowest BCUT2D eigenvalue weighted by Crippen LogP contribution is -2.22. The molecule has 86 valence electrons. The summed E-state index contributed by atoms with van der Waals surface area (Å²) in [5.41, 5.74) is 2.07. The largest absolute Gasteiger partial charge is 0.308 e. The Morgan fingerprint density at radius 3 is 2.65 bits per heavy atom. The van der Waals surface area contributed by atoms with Gasteiger partial charge in [-0.2, -0.15) is 0 Å². The molecule has 0 atom stereocenters. The predicted octanol–water partition coefficient (Wildman–Crippen LogP) is 3.13. The van der Waals surface area contributed by atoms with Crippen molar-refractivity contribution < 1.29 is 9.18 Å². The second kappa shape index (κ2) is 3.29. The number of amides is 1. The maximum absolute atomic E-state index is 13.8. The molecule has 0 unspecified atom stereocenters. The molecule has 0 N–H and O–H groups in total. The molecule has 0 aromatic heterocycles. The normalized spacial score (nSPS) is 13.8. The molecule has 0 saturated carbocycles. The number of carbonyl (C=O) groups is 1. The summed E-state index contributed by atoms with van der Waals surface area (Å²) < 4.78 is 13.8. The van der Waals surface area contributed by atoms with Gasteiger partial charge in [-0.25, -0.2) is 4.39 Å². The van der Waals surface area contributed by atoms with Crippen molar-refractivity contribution in [3.05, 3.63) is 41.2 Å². The molecule has 1 amide bonds. The summed E-state index contributed by atoms with van der Waals surface area (Å²) in [7, 11) is 1.62. The van der Waals surface area contributed by atoms with Gasteiger partial charge in [0.25, 0.3) is 5.91 Å². The number of rotatable bonds is 1. The average Bonchev–Trinajstić information content (AvgIpc) is 2.60. The van der Waals surface area contributed by atoms with E-state index in [0.29, 0.717) is 11.3 Å². The molecule has 0 spiro atoms. The Hall–Kier alpha value is -1.90. The standard InChI is InChI=1S/C14H12FNO/c1-3-8-4-5-9-6-7-10(15)13-11(9)12(8)14(17)16(13)2/h4-7H,3H2,1-2H3. The Kier molecular flexibility index (Phi) is 1.99. The number of benzene rings is 2. The molecular weight excluding hydrogens is 217 g/mol. The number of anilines is 1. The Morgan fingerprint density at radius 1 is 1.24 bits per heavy atom. The number of hydrogen-bond acceptors (Lipinski definition) is 1. The first kappa shape index (κ1) is 10.3. The molecule has 1 aliphatic rings. The molecule has 17 heavy (non-hydrogen) atoms. The van der Waals surface area contributed by atoms with Crippen molar-refractivity contribution in [1.82, 2.24) is 0 Å². The fraction of sp³-hybridized carbons (Fsp3) is 0.214. The van der Waals surface area contributed by atoms with Crippen molar-refractivity contribution >= 4 is 22.4 Å². The summed E-state index contributed by atoms with van der Waals surface area (Å²) in [6.07, 6.45) is 0.779. The molecule has 0 fully saturated rings. The molecule has 3 heteroatoms. The number of carbonyl (C=O) groups excluding carboxylic acids is 1. The van der Waals surface area contributed by atoms with Gasteiger partial charge in [-0.15, -0.1) is 0 Å². The zero-order valence-electron chi connectivity index (χ0n) is 9.75. The molecule has 0 saturated heterocycles. The van der Waals surface area contributed by atoms with E-state index in [-0.39, 0.29) is 11.7 Å². The third-order valence-corrected chi connectivity index (χ3v) is 3.43. The molecule has 2 aromatic rings. The van der Waals surface area contributed by atoms with Crippen molar-refractivity contribution in [3.8, 4) is 0 Å². The number of aryl methyl sites for hydroxylation is 1. The number of halogens is 1. The van der Waals surface area contributed by atoms with Crippen LogP contribution in [0.15, 0.2) is 24.3 Å². The van der Waals surface area contributed by atoms with Gasteiger partial charge in [0, 0.05) is 12.4 Å². The maximum atomic E-state index is 13.8. The van der Waals surface area contributed by atoms with Crippen LogP contribution in [0.4, 0.5) is 10.1 Å². The highest BCUT2D eigenvalue weighted by Gasteiger charge is 2.31. The van der Waals surface area contributed by atoms with Gasteiger partial charge in [0.2, 0.25) is 0 Å². The van der Waals surface area contributed by atoms with Crippen LogP contribution in [0.5, 0.6) is 0 Å². The minimum atomic E-state index is -0.333. The molecule has 0 radical (unpaired) electrons. The highest BCUT2D eigenvalue weighted by molar-refractivity contribution is 6.25. The third-order valence-electron chi connectivity index (χ3n) is 3.43. The zero-order valence-corrected chi connectivity index (χ0v) is 9.75. The van der Waals surface area contributed by atoms with Gasteiger partial charge in [0.1, 0.15) is 5.82 Å². The number of nitrogens with zero attached hydrogens (tertiary/aromatic N) is 1. The van der Waals surface area contributed by atoms with E-state index in [0.717, 1.165) is 22.8 Å². The summed E-state index contributed by atoms with van der Waals surface area (Å²) in [5, 5.41) is 1.68. The van der Waals surface area contributed by atoms with E-state index >= 15 is 0 Å². The van der Waals surface area contributed by atoms with E-state index in [4.69, 9.17) is 0 Å². The van der Waals surface area contributed by atoms with Gasteiger partial charge in [0.05, 0.1) is 11.3 Å². The van der Waals surface area contributed by atoms with E-state index in [1.165, 1.54) is 11.0 Å². The van der Waals surface area contributed by atoms with Crippen LogP contribution in [0.3, 0.4) is 0 Å². The van der Waals surface area contributed by atoms with Gasteiger partial charge in [-0.05, 0) is 23.4 Å². The Bertz CT molecular complexity index is 648. The summed E-state index contributed by atoms with van der Waals surface area (Å²) in [6, 6.07) is 7.05. The van der Waals surface area contributed by atoms with Crippen molar-refractivity contribution in [2.24, 2.45) is 0 Å². The summed E-state index contributed by atoms with van der Waals surface area (Å²) in [4.78, 5) is 13.6. The van der Waals surface area contributed by atoms with E-state index < -0.39 is 0 Å². The quantitative estimate of drug-likeness (QED) is 0.735. The summed E-state index contributed by atoms with van der Waals surface area (Å²) in [6.45, 7) is 2.00. The fourth-order valence-electron chi connectivity index (χ4n) is 2.55. The molecule has 0 aliphatic carbocycles. The second-order valence-electron chi connectivity index (χ2n) is 4.31. The number of hydrogen-bond donors (Lipinski definition) is 0. The van der Waals surface area contributed by atoms with Crippen molar-refractivity contribution in [2.45, 2.75) is 13.3 Å². The fourth-order valence-corrected chi connectivity index (χ4v) is 2.55. The summed E-state index contributed by atoms with van der Waals surface area (Å²) in [5.74, 6) is -0.437. The first-order valence-corrected chi connectivity index (χ1v) is 5.67. The Morgan fingerprint density at radius 2 is 1.94 bits per heavy atom.